The van der Waals surface area contributed by atoms with Crippen molar-refractivity contribution in [1.82, 2.24) is 4.90 Å². The Morgan fingerprint density at radius 1 is 1.14 bits per heavy atom. The minimum absolute atomic E-state index is 0. The van der Waals surface area contributed by atoms with Crippen LogP contribution in [0.3, 0.4) is 0 Å². The maximum Gasteiger partial charge on any atom is 0.451 e. The van der Waals surface area contributed by atoms with E-state index in [1.165, 1.54) is 4.90 Å². The van der Waals surface area contributed by atoms with E-state index in [-0.39, 0.29) is 57.1 Å². The molecule has 11 heteroatoms. The van der Waals surface area contributed by atoms with E-state index >= 15 is 0 Å². The molecule has 0 aliphatic heterocycles. The Balaban J connectivity index is -0.00000180. The quantitative estimate of drug-likeness (QED) is 0.248. The molecule has 0 aromatic heterocycles. The molecule has 1 unspecified atom stereocenters. The first-order valence-electron chi connectivity index (χ1n) is 6.46. The Hall–Kier alpha value is -0.575. The predicted octanol–water partition coefficient (Wildman–Crippen LogP) is -0.338. The first-order chi connectivity index (χ1) is 9.17. The summed E-state index contributed by atoms with van der Waals surface area (Å²) in [5.74, 6) is -2.12. The van der Waals surface area contributed by atoms with Crippen LogP contribution in [0.25, 0.3) is 0 Å². The molecule has 0 aliphatic carbocycles. The molecular weight excluding hydrogens is 338 g/mol. The zero-order valence-electron chi connectivity index (χ0n) is 12.5. The van der Waals surface area contributed by atoms with Crippen LogP contribution in [0, 0.1) is 0 Å². The summed E-state index contributed by atoms with van der Waals surface area (Å²) in [5, 5.41) is 35.2. The van der Waals surface area contributed by atoms with E-state index < -0.39 is 24.6 Å². The van der Waals surface area contributed by atoms with Gasteiger partial charge in [0.1, 0.15) is 5.54 Å². The predicted molar refractivity (Wildman–Crippen MR) is 87.6 cm³/mol. The van der Waals surface area contributed by atoms with Crippen molar-refractivity contribution in [3.63, 3.8) is 0 Å². The standard InChI is InChI=1S/C11H23BN2O6.2ClH/c1-14(8-9(15)16)7-5-11(13,10(17)18)4-2-3-6-12(19)20;;/h19-20H,2-8,13H2,1H3,(H,15,16)(H,17,18);2*1H. The number of nitrogens with two attached hydrogens (primary N) is 1. The van der Waals surface area contributed by atoms with E-state index in [9.17, 15) is 14.7 Å². The zero-order chi connectivity index (χ0) is 15.8. The number of hydrogen-bond donors (Lipinski definition) is 5. The van der Waals surface area contributed by atoms with Gasteiger partial charge in [0, 0.05) is 6.54 Å². The Morgan fingerprint density at radius 3 is 2.09 bits per heavy atom. The largest absolute Gasteiger partial charge is 0.480 e. The van der Waals surface area contributed by atoms with Crippen LogP contribution in [-0.2, 0) is 9.59 Å². The molecule has 0 aromatic carbocycles. The number of rotatable bonds is 11. The van der Waals surface area contributed by atoms with Gasteiger partial charge in [0.05, 0.1) is 6.54 Å². The average molecular weight is 363 g/mol. The number of likely N-dealkylation sites (N-methyl/N-ethyl adjacent to an activating group) is 1. The van der Waals surface area contributed by atoms with E-state index in [1.54, 1.807) is 7.05 Å². The number of unbranched alkanes of at least 4 members (excludes halogenated alkanes) is 1. The highest BCUT2D eigenvalue weighted by Gasteiger charge is 2.33. The summed E-state index contributed by atoms with van der Waals surface area (Å²) in [7, 11) is 0.187. The lowest BCUT2D eigenvalue weighted by molar-refractivity contribution is -0.144. The fraction of sp³-hybridized carbons (Fsp3) is 0.818. The maximum absolute atomic E-state index is 11.2. The Bertz CT molecular complexity index is 338. The topological polar surface area (TPSA) is 144 Å². The lowest BCUT2D eigenvalue weighted by atomic mass is 9.81. The fourth-order valence-electron chi connectivity index (χ4n) is 1.81. The van der Waals surface area contributed by atoms with Crippen LogP contribution < -0.4 is 5.73 Å². The van der Waals surface area contributed by atoms with Gasteiger partial charge in [0.15, 0.2) is 0 Å². The minimum atomic E-state index is -1.42. The first-order valence-corrected chi connectivity index (χ1v) is 6.46. The Kier molecular flexibility index (Phi) is 15.5. The molecule has 0 fully saturated rings. The fourth-order valence-corrected chi connectivity index (χ4v) is 1.81. The molecule has 22 heavy (non-hydrogen) atoms. The van der Waals surface area contributed by atoms with Gasteiger partial charge < -0.3 is 26.0 Å². The molecule has 0 aliphatic rings. The molecular formula is C11H25BCl2N2O6. The molecule has 0 spiro atoms. The number of carbonyl (C=O) groups is 2. The molecule has 0 amide bonds. The molecule has 0 saturated heterocycles. The molecule has 6 N–H and O–H groups in total. The van der Waals surface area contributed by atoms with Crippen molar-refractivity contribution in [2.75, 3.05) is 20.1 Å². The van der Waals surface area contributed by atoms with E-state index in [0.29, 0.717) is 12.8 Å². The van der Waals surface area contributed by atoms with Crippen LogP contribution >= 0.6 is 24.8 Å². The van der Waals surface area contributed by atoms with Gasteiger partial charge in [-0.15, -0.1) is 24.8 Å². The van der Waals surface area contributed by atoms with Crippen LogP contribution in [0.1, 0.15) is 25.7 Å². The minimum Gasteiger partial charge on any atom is -0.480 e. The summed E-state index contributed by atoms with van der Waals surface area (Å²) in [6.45, 7) is 0.0874. The van der Waals surface area contributed by atoms with E-state index in [0.717, 1.165) is 0 Å². The van der Waals surface area contributed by atoms with E-state index in [4.69, 9.17) is 20.9 Å². The van der Waals surface area contributed by atoms with Crippen LogP contribution in [0.4, 0.5) is 0 Å². The van der Waals surface area contributed by atoms with Gasteiger partial charge in [-0.05, 0) is 26.2 Å². The molecule has 132 valence electrons. The van der Waals surface area contributed by atoms with Gasteiger partial charge in [-0.3, -0.25) is 14.5 Å². The van der Waals surface area contributed by atoms with Crippen molar-refractivity contribution >= 4 is 43.9 Å². The van der Waals surface area contributed by atoms with Crippen molar-refractivity contribution in [3.05, 3.63) is 0 Å². The summed E-state index contributed by atoms with van der Waals surface area (Å²) >= 11 is 0. The third-order valence-corrected chi connectivity index (χ3v) is 3.11. The molecule has 0 heterocycles. The molecule has 1 atom stereocenters. The van der Waals surface area contributed by atoms with Crippen molar-refractivity contribution in [2.45, 2.75) is 37.5 Å². The van der Waals surface area contributed by atoms with Gasteiger partial charge in [0.25, 0.3) is 0 Å². The number of halogens is 2. The summed E-state index contributed by atoms with van der Waals surface area (Å²) in [6.07, 6.45) is 1.44. The second-order valence-corrected chi connectivity index (χ2v) is 5.07. The number of aliphatic carboxylic acids is 2. The van der Waals surface area contributed by atoms with Gasteiger partial charge in [-0.25, -0.2) is 0 Å². The molecule has 0 radical (unpaired) electrons. The van der Waals surface area contributed by atoms with Crippen LogP contribution in [0.5, 0.6) is 0 Å². The summed E-state index contributed by atoms with van der Waals surface area (Å²) in [4.78, 5) is 23.2. The summed E-state index contributed by atoms with van der Waals surface area (Å²) < 4.78 is 0. The second kappa shape index (κ2) is 12.9. The van der Waals surface area contributed by atoms with Gasteiger partial charge in [-0.2, -0.15) is 0 Å². The van der Waals surface area contributed by atoms with E-state index in [1.807, 2.05) is 0 Å². The van der Waals surface area contributed by atoms with Gasteiger partial charge in [-0.1, -0.05) is 12.8 Å². The van der Waals surface area contributed by atoms with Gasteiger partial charge >= 0.3 is 19.1 Å². The third-order valence-electron chi connectivity index (χ3n) is 3.11. The molecule has 0 saturated carbocycles. The average Bonchev–Trinajstić information content (AvgIpc) is 2.31. The zero-order valence-corrected chi connectivity index (χ0v) is 14.1. The monoisotopic (exact) mass is 362 g/mol. The maximum atomic E-state index is 11.2. The second-order valence-electron chi connectivity index (χ2n) is 5.07. The van der Waals surface area contributed by atoms with Crippen molar-refractivity contribution < 1.29 is 29.9 Å². The van der Waals surface area contributed by atoms with Crippen LogP contribution in [-0.4, -0.2) is 69.9 Å². The number of nitrogens with zero attached hydrogens (tertiary/aromatic N) is 1. The number of carboxylic acid groups (broad SMARTS) is 2. The van der Waals surface area contributed by atoms with Crippen LogP contribution in [0.2, 0.25) is 6.32 Å². The smallest absolute Gasteiger partial charge is 0.451 e. The number of carboxylic acids is 2. The Morgan fingerprint density at radius 2 is 1.68 bits per heavy atom. The van der Waals surface area contributed by atoms with Crippen molar-refractivity contribution in [1.29, 1.82) is 0 Å². The van der Waals surface area contributed by atoms with E-state index in [2.05, 4.69) is 0 Å². The highest BCUT2D eigenvalue weighted by atomic mass is 35.5. The molecule has 8 nitrogen and oxygen atoms in total. The molecule has 0 aromatic rings. The van der Waals surface area contributed by atoms with Crippen molar-refractivity contribution in [2.24, 2.45) is 5.73 Å². The SMILES string of the molecule is CN(CCC(N)(CCCCB(O)O)C(=O)O)CC(=O)O.Cl.Cl. The molecule has 0 rings (SSSR count). The van der Waals surface area contributed by atoms with Gasteiger partial charge in [0.2, 0.25) is 0 Å². The normalized spacial score (nSPS) is 12.8. The lowest BCUT2D eigenvalue weighted by Crippen LogP contribution is -2.50. The third kappa shape index (κ3) is 12.0. The highest BCUT2D eigenvalue weighted by Crippen LogP contribution is 2.18. The number of hydrogen-bond acceptors (Lipinski definition) is 6. The van der Waals surface area contributed by atoms with Crippen molar-refractivity contribution in [3.8, 4) is 0 Å². The first kappa shape index (κ1) is 26.3. The Labute approximate surface area is 142 Å². The summed E-state index contributed by atoms with van der Waals surface area (Å²) in [6, 6.07) is 0. The van der Waals surface area contributed by atoms with Crippen LogP contribution in [0.15, 0.2) is 0 Å². The lowest BCUT2D eigenvalue weighted by Gasteiger charge is -2.27. The molecule has 0 bridgehead atoms. The summed E-state index contributed by atoms with van der Waals surface area (Å²) in [5.41, 5.74) is 4.41. The highest BCUT2D eigenvalue weighted by molar-refractivity contribution is 6.40.